The summed E-state index contributed by atoms with van der Waals surface area (Å²) >= 11 is 0. The molecule has 0 spiro atoms. The standard InChI is InChI=1S/C33H38/c1-22-7-5-6-8-31(22)28-16-27(17-30(18-28)32(2,3)4)26-9-11-29(12-10-26)33-19-23-13-24(20-33)15-25(14-23)21-33/h5-12,16-18,23-25H,13-15,19-21H2,1-4H3. The van der Waals surface area contributed by atoms with Gasteiger partial charge in [-0.25, -0.2) is 0 Å². The number of hydrogen-bond acceptors (Lipinski definition) is 0. The van der Waals surface area contributed by atoms with Gasteiger partial charge < -0.3 is 0 Å². The van der Waals surface area contributed by atoms with E-state index in [0.717, 1.165) is 17.8 Å². The first kappa shape index (κ1) is 21.2. The molecule has 0 aromatic heterocycles. The van der Waals surface area contributed by atoms with Gasteiger partial charge in [-0.1, -0.05) is 81.4 Å². The van der Waals surface area contributed by atoms with Crippen LogP contribution in [-0.4, -0.2) is 0 Å². The van der Waals surface area contributed by atoms with E-state index >= 15 is 0 Å². The van der Waals surface area contributed by atoms with Crippen molar-refractivity contribution in [3.63, 3.8) is 0 Å². The summed E-state index contributed by atoms with van der Waals surface area (Å²) in [5.74, 6) is 2.99. The van der Waals surface area contributed by atoms with E-state index in [1.165, 1.54) is 71.9 Å². The van der Waals surface area contributed by atoms with Gasteiger partial charge >= 0.3 is 0 Å². The van der Waals surface area contributed by atoms with Gasteiger partial charge in [0.1, 0.15) is 0 Å². The van der Waals surface area contributed by atoms with E-state index in [1.54, 1.807) is 5.56 Å². The lowest BCUT2D eigenvalue weighted by Gasteiger charge is -2.57. The molecule has 0 unspecified atom stereocenters. The summed E-state index contributed by atoms with van der Waals surface area (Å²) in [6, 6.07) is 25.8. The minimum Gasteiger partial charge on any atom is -0.0620 e. The molecule has 3 aromatic rings. The molecular weight excluding hydrogens is 396 g/mol. The van der Waals surface area contributed by atoms with Crippen molar-refractivity contribution in [3.8, 4) is 22.3 Å². The Morgan fingerprint density at radius 2 is 1.24 bits per heavy atom. The van der Waals surface area contributed by atoms with Crippen LogP contribution >= 0.6 is 0 Å². The Morgan fingerprint density at radius 1 is 0.667 bits per heavy atom. The Labute approximate surface area is 200 Å². The number of benzene rings is 3. The average molecular weight is 435 g/mol. The lowest BCUT2D eigenvalue weighted by Crippen LogP contribution is -2.48. The van der Waals surface area contributed by atoms with Crippen molar-refractivity contribution in [1.29, 1.82) is 0 Å². The lowest BCUT2D eigenvalue weighted by atomic mass is 9.48. The van der Waals surface area contributed by atoms with Crippen LogP contribution in [0.4, 0.5) is 0 Å². The molecule has 0 amide bonds. The second kappa shape index (κ2) is 7.59. The third kappa shape index (κ3) is 3.76. The van der Waals surface area contributed by atoms with Gasteiger partial charge in [-0.05, 0) is 119 Å². The first-order valence-electron chi connectivity index (χ1n) is 13.1. The van der Waals surface area contributed by atoms with Crippen molar-refractivity contribution in [3.05, 3.63) is 83.4 Å². The maximum atomic E-state index is 2.49. The van der Waals surface area contributed by atoms with E-state index in [0.29, 0.717) is 5.41 Å². The fraction of sp³-hybridized carbons (Fsp3) is 0.455. The maximum Gasteiger partial charge on any atom is -0.00391 e. The maximum absolute atomic E-state index is 2.49. The van der Waals surface area contributed by atoms with E-state index in [4.69, 9.17) is 0 Å². The van der Waals surface area contributed by atoms with Gasteiger partial charge in [0, 0.05) is 0 Å². The van der Waals surface area contributed by atoms with Crippen molar-refractivity contribution in [2.45, 2.75) is 77.0 Å². The Hall–Kier alpha value is -2.34. The van der Waals surface area contributed by atoms with Gasteiger partial charge in [-0.15, -0.1) is 0 Å². The second-order valence-corrected chi connectivity index (χ2v) is 12.6. The molecule has 4 bridgehead atoms. The molecule has 7 rings (SSSR count). The van der Waals surface area contributed by atoms with Crippen LogP contribution in [0.15, 0.2) is 66.7 Å². The van der Waals surface area contributed by atoms with Crippen molar-refractivity contribution in [2.24, 2.45) is 17.8 Å². The summed E-state index contributed by atoms with van der Waals surface area (Å²) in [5, 5.41) is 0. The zero-order chi connectivity index (χ0) is 22.8. The molecule has 0 N–H and O–H groups in total. The molecule has 0 saturated heterocycles. The van der Waals surface area contributed by atoms with Crippen molar-refractivity contribution < 1.29 is 0 Å². The highest BCUT2D eigenvalue weighted by Crippen LogP contribution is 2.60. The quantitative estimate of drug-likeness (QED) is 0.385. The summed E-state index contributed by atoms with van der Waals surface area (Å²) in [6.45, 7) is 9.19. The number of hydrogen-bond donors (Lipinski definition) is 0. The predicted molar refractivity (Wildman–Crippen MR) is 141 cm³/mol. The lowest BCUT2D eigenvalue weighted by molar-refractivity contribution is -0.00518. The minimum absolute atomic E-state index is 0.118. The van der Waals surface area contributed by atoms with E-state index in [1.807, 2.05) is 0 Å². The Balaban J connectivity index is 1.39. The zero-order valence-electron chi connectivity index (χ0n) is 20.8. The fourth-order valence-corrected chi connectivity index (χ4v) is 7.76. The van der Waals surface area contributed by atoms with Crippen LogP contribution in [0.3, 0.4) is 0 Å². The van der Waals surface area contributed by atoms with Gasteiger partial charge in [0.05, 0.1) is 0 Å². The van der Waals surface area contributed by atoms with Crippen LogP contribution in [0.5, 0.6) is 0 Å². The largest absolute Gasteiger partial charge is 0.0620 e. The molecule has 0 nitrogen and oxygen atoms in total. The van der Waals surface area contributed by atoms with Gasteiger partial charge in [0.2, 0.25) is 0 Å². The average Bonchev–Trinajstić information content (AvgIpc) is 2.78. The summed E-state index contributed by atoms with van der Waals surface area (Å²) in [6.07, 6.45) is 8.86. The van der Waals surface area contributed by atoms with Crippen LogP contribution in [0, 0.1) is 24.7 Å². The minimum atomic E-state index is 0.118. The first-order valence-corrected chi connectivity index (χ1v) is 13.1. The van der Waals surface area contributed by atoms with Gasteiger partial charge in [-0.2, -0.15) is 0 Å². The van der Waals surface area contributed by atoms with Crippen molar-refractivity contribution in [2.75, 3.05) is 0 Å². The normalized spacial score (nSPS) is 28.3. The molecule has 0 heteroatoms. The smallest absolute Gasteiger partial charge is 0.00391 e. The Bertz CT molecular complexity index is 1140. The summed E-state index contributed by atoms with van der Waals surface area (Å²) < 4.78 is 0. The van der Waals surface area contributed by atoms with Crippen LogP contribution in [0.1, 0.15) is 76.0 Å². The molecule has 0 aliphatic heterocycles. The predicted octanol–water partition coefficient (Wildman–Crippen LogP) is 9.09. The molecular formula is C33H38. The van der Waals surface area contributed by atoms with Crippen LogP contribution in [-0.2, 0) is 10.8 Å². The summed E-state index contributed by atoms with van der Waals surface area (Å²) in [7, 11) is 0. The molecule has 4 aliphatic carbocycles. The molecule has 0 atom stereocenters. The molecule has 0 heterocycles. The van der Waals surface area contributed by atoms with E-state index in [-0.39, 0.29) is 5.41 Å². The number of rotatable bonds is 3. The highest BCUT2D eigenvalue weighted by Gasteiger charge is 2.51. The van der Waals surface area contributed by atoms with E-state index in [9.17, 15) is 0 Å². The third-order valence-electron chi connectivity index (χ3n) is 9.12. The van der Waals surface area contributed by atoms with Crippen molar-refractivity contribution >= 4 is 0 Å². The SMILES string of the molecule is Cc1ccccc1-c1cc(-c2ccc(C34CC5CC(CC(C5)C3)C4)cc2)cc(C(C)(C)C)c1. The first-order chi connectivity index (χ1) is 15.8. The van der Waals surface area contributed by atoms with Gasteiger partial charge in [-0.3, -0.25) is 0 Å². The molecule has 0 radical (unpaired) electrons. The molecule has 4 saturated carbocycles. The third-order valence-corrected chi connectivity index (χ3v) is 9.12. The topological polar surface area (TPSA) is 0 Å². The van der Waals surface area contributed by atoms with Gasteiger partial charge in [0.15, 0.2) is 0 Å². The van der Waals surface area contributed by atoms with Crippen LogP contribution in [0.2, 0.25) is 0 Å². The highest BCUT2D eigenvalue weighted by molar-refractivity contribution is 5.76. The molecule has 4 fully saturated rings. The Morgan fingerprint density at radius 3 is 1.82 bits per heavy atom. The summed E-state index contributed by atoms with van der Waals surface area (Å²) in [4.78, 5) is 0. The zero-order valence-corrected chi connectivity index (χ0v) is 20.8. The van der Waals surface area contributed by atoms with E-state index < -0.39 is 0 Å². The monoisotopic (exact) mass is 434 g/mol. The second-order valence-electron chi connectivity index (χ2n) is 12.6. The molecule has 170 valence electrons. The Kier molecular flexibility index (Phi) is 4.88. The van der Waals surface area contributed by atoms with Gasteiger partial charge in [0.25, 0.3) is 0 Å². The summed E-state index contributed by atoms with van der Waals surface area (Å²) in [5.41, 5.74) is 10.3. The molecule has 3 aromatic carbocycles. The van der Waals surface area contributed by atoms with Crippen LogP contribution in [0.25, 0.3) is 22.3 Å². The molecule has 4 aliphatic rings. The van der Waals surface area contributed by atoms with Crippen molar-refractivity contribution in [1.82, 2.24) is 0 Å². The highest BCUT2D eigenvalue weighted by atomic mass is 14.6. The van der Waals surface area contributed by atoms with Crippen LogP contribution < -0.4 is 0 Å². The molecule has 33 heavy (non-hydrogen) atoms. The number of aryl methyl sites for hydroxylation is 1. The van der Waals surface area contributed by atoms with E-state index in [2.05, 4.69) is 94.4 Å². The fourth-order valence-electron chi connectivity index (χ4n) is 7.76.